The summed E-state index contributed by atoms with van der Waals surface area (Å²) < 4.78 is 15.4. The molecule has 0 unspecified atom stereocenters. The molecule has 0 aliphatic carbocycles. The minimum Gasteiger partial charge on any atom is -0.381 e. The largest absolute Gasteiger partial charge is 0.381 e. The van der Waals surface area contributed by atoms with Crippen LogP contribution in [0.1, 0.15) is 18.1 Å². The molecule has 2 aromatic rings. The van der Waals surface area contributed by atoms with Crippen LogP contribution in [0.25, 0.3) is 0 Å². The monoisotopic (exact) mass is 232 g/mol. The van der Waals surface area contributed by atoms with Crippen molar-refractivity contribution in [1.82, 2.24) is 4.57 Å². The van der Waals surface area contributed by atoms with Crippen molar-refractivity contribution in [2.45, 2.75) is 26.9 Å². The summed E-state index contributed by atoms with van der Waals surface area (Å²) >= 11 is 0. The molecule has 0 atom stereocenters. The van der Waals surface area contributed by atoms with Crippen molar-refractivity contribution in [3.8, 4) is 0 Å². The molecule has 1 heterocycles. The summed E-state index contributed by atoms with van der Waals surface area (Å²) in [6.07, 6.45) is 4.15. The highest BCUT2D eigenvalue weighted by atomic mass is 19.1. The van der Waals surface area contributed by atoms with Gasteiger partial charge < -0.3 is 9.88 Å². The summed E-state index contributed by atoms with van der Waals surface area (Å²) in [5, 5.41) is 3.25. The van der Waals surface area contributed by atoms with Gasteiger partial charge in [-0.2, -0.15) is 0 Å². The molecule has 0 bridgehead atoms. The van der Waals surface area contributed by atoms with Gasteiger partial charge in [0.05, 0.1) is 0 Å². The van der Waals surface area contributed by atoms with Gasteiger partial charge >= 0.3 is 0 Å². The van der Waals surface area contributed by atoms with Crippen LogP contribution in [0, 0.1) is 12.7 Å². The van der Waals surface area contributed by atoms with E-state index in [1.165, 1.54) is 11.6 Å². The average molecular weight is 232 g/mol. The number of anilines is 1. The number of nitrogens with one attached hydrogen (secondary N) is 1. The normalized spacial score (nSPS) is 10.5. The summed E-state index contributed by atoms with van der Waals surface area (Å²) in [5.41, 5.74) is 2.73. The molecule has 3 heteroatoms. The van der Waals surface area contributed by atoms with Gasteiger partial charge in [0.15, 0.2) is 0 Å². The van der Waals surface area contributed by atoms with Crippen LogP contribution in [0.4, 0.5) is 10.1 Å². The first-order valence-corrected chi connectivity index (χ1v) is 5.84. The van der Waals surface area contributed by atoms with Gasteiger partial charge in [0.25, 0.3) is 0 Å². The third-order valence-electron chi connectivity index (χ3n) is 2.93. The molecule has 1 N–H and O–H groups in total. The van der Waals surface area contributed by atoms with E-state index in [0.717, 1.165) is 18.8 Å². The van der Waals surface area contributed by atoms with Crippen LogP contribution in [0.2, 0.25) is 0 Å². The molecule has 0 spiro atoms. The predicted octanol–water partition coefficient (Wildman–Crippen LogP) is 3.57. The zero-order valence-corrected chi connectivity index (χ0v) is 10.2. The third kappa shape index (κ3) is 2.67. The van der Waals surface area contributed by atoms with Gasteiger partial charge in [0.2, 0.25) is 0 Å². The van der Waals surface area contributed by atoms with Gasteiger partial charge in [-0.25, -0.2) is 4.39 Å². The van der Waals surface area contributed by atoms with Crippen molar-refractivity contribution < 1.29 is 4.39 Å². The first kappa shape index (κ1) is 11.7. The lowest BCUT2D eigenvalue weighted by Gasteiger charge is -2.08. The van der Waals surface area contributed by atoms with Crippen molar-refractivity contribution in [3.63, 3.8) is 0 Å². The Kier molecular flexibility index (Phi) is 3.47. The number of nitrogens with zero attached hydrogens (tertiary/aromatic N) is 1. The summed E-state index contributed by atoms with van der Waals surface area (Å²) in [7, 11) is 0. The smallest absolute Gasteiger partial charge is 0.128 e. The Morgan fingerprint density at radius 2 is 2.12 bits per heavy atom. The second-order valence-electron chi connectivity index (χ2n) is 4.12. The highest BCUT2D eigenvalue weighted by Crippen LogP contribution is 2.18. The Hall–Kier alpha value is -1.77. The van der Waals surface area contributed by atoms with E-state index in [-0.39, 0.29) is 5.82 Å². The zero-order chi connectivity index (χ0) is 12.3. The number of benzene rings is 1. The average Bonchev–Trinajstić information content (AvgIpc) is 2.79. The minimum absolute atomic E-state index is 0.166. The van der Waals surface area contributed by atoms with Crippen LogP contribution in [0.5, 0.6) is 0 Å². The van der Waals surface area contributed by atoms with Crippen LogP contribution in [0.15, 0.2) is 36.7 Å². The van der Waals surface area contributed by atoms with Gasteiger partial charge in [-0.05, 0) is 37.6 Å². The molecule has 0 fully saturated rings. The summed E-state index contributed by atoms with van der Waals surface area (Å²) in [6.45, 7) is 5.58. The third-order valence-corrected chi connectivity index (χ3v) is 2.93. The number of halogens is 1. The fourth-order valence-corrected chi connectivity index (χ4v) is 1.79. The predicted molar refractivity (Wildman–Crippen MR) is 68.6 cm³/mol. The number of hydrogen-bond acceptors (Lipinski definition) is 1. The van der Waals surface area contributed by atoms with Crippen LogP contribution in [-0.2, 0) is 13.1 Å². The number of aryl methyl sites for hydroxylation is 1. The molecule has 0 saturated carbocycles. The van der Waals surface area contributed by atoms with Gasteiger partial charge in [0.1, 0.15) is 5.82 Å². The standard InChI is InChI=1S/C14H17FN2/c1-3-17-8-7-12(10-17)9-16-14-6-4-5-13(15)11(14)2/h4-8,10,16H,3,9H2,1-2H3. The summed E-state index contributed by atoms with van der Waals surface area (Å²) in [6, 6.07) is 7.18. The van der Waals surface area contributed by atoms with E-state index in [4.69, 9.17) is 0 Å². The van der Waals surface area contributed by atoms with E-state index in [2.05, 4.69) is 35.3 Å². The van der Waals surface area contributed by atoms with Crippen molar-refractivity contribution in [2.75, 3.05) is 5.32 Å². The van der Waals surface area contributed by atoms with E-state index >= 15 is 0 Å². The lowest BCUT2D eigenvalue weighted by atomic mass is 10.2. The maximum absolute atomic E-state index is 13.3. The first-order valence-electron chi connectivity index (χ1n) is 5.84. The Morgan fingerprint density at radius 1 is 1.29 bits per heavy atom. The Bertz CT molecular complexity index is 503. The van der Waals surface area contributed by atoms with Crippen molar-refractivity contribution in [3.05, 3.63) is 53.6 Å². The number of hydrogen-bond donors (Lipinski definition) is 1. The van der Waals surface area contributed by atoms with Crippen molar-refractivity contribution >= 4 is 5.69 Å². The fourth-order valence-electron chi connectivity index (χ4n) is 1.79. The highest BCUT2D eigenvalue weighted by Gasteiger charge is 2.03. The molecule has 0 aliphatic heterocycles. The second kappa shape index (κ2) is 5.04. The number of aromatic nitrogens is 1. The summed E-state index contributed by atoms with van der Waals surface area (Å²) in [5.74, 6) is -0.166. The quantitative estimate of drug-likeness (QED) is 0.852. The first-order chi connectivity index (χ1) is 8.20. The Balaban J connectivity index is 2.04. The molecule has 0 amide bonds. The van der Waals surface area contributed by atoms with E-state index in [0.29, 0.717) is 5.56 Å². The molecule has 2 nitrogen and oxygen atoms in total. The SMILES string of the molecule is CCn1ccc(CNc2cccc(F)c2C)c1. The van der Waals surface area contributed by atoms with E-state index in [9.17, 15) is 4.39 Å². The molecule has 2 rings (SSSR count). The Morgan fingerprint density at radius 3 is 2.82 bits per heavy atom. The molecule has 90 valence electrons. The topological polar surface area (TPSA) is 17.0 Å². The second-order valence-corrected chi connectivity index (χ2v) is 4.12. The highest BCUT2D eigenvalue weighted by molar-refractivity contribution is 5.51. The maximum atomic E-state index is 13.3. The van der Waals surface area contributed by atoms with Crippen molar-refractivity contribution in [1.29, 1.82) is 0 Å². The van der Waals surface area contributed by atoms with Crippen LogP contribution >= 0.6 is 0 Å². The molecule has 0 aliphatic rings. The van der Waals surface area contributed by atoms with Gasteiger partial charge in [-0.15, -0.1) is 0 Å². The van der Waals surface area contributed by atoms with Crippen molar-refractivity contribution in [2.24, 2.45) is 0 Å². The Labute approximate surface area is 101 Å². The lowest BCUT2D eigenvalue weighted by Crippen LogP contribution is -2.01. The van der Waals surface area contributed by atoms with Crippen LogP contribution in [-0.4, -0.2) is 4.57 Å². The number of rotatable bonds is 4. The molecular formula is C14H17FN2. The maximum Gasteiger partial charge on any atom is 0.128 e. The molecule has 1 aromatic carbocycles. The van der Waals surface area contributed by atoms with Crippen LogP contribution < -0.4 is 5.32 Å². The molecule has 0 radical (unpaired) electrons. The molecule has 17 heavy (non-hydrogen) atoms. The van der Waals surface area contributed by atoms with E-state index in [1.54, 1.807) is 13.0 Å². The fraction of sp³-hybridized carbons (Fsp3) is 0.286. The molecular weight excluding hydrogens is 215 g/mol. The van der Waals surface area contributed by atoms with Crippen LogP contribution in [0.3, 0.4) is 0 Å². The van der Waals surface area contributed by atoms with E-state index in [1.807, 2.05) is 6.07 Å². The van der Waals surface area contributed by atoms with Gasteiger partial charge in [0, 0.05) is 36.7 Å². The van der Waals surface area contributed by atoms with E-state index < -0.39 is 0 Å². The summed E-state index contributed by atoms with van der Waals surface area (Å²) in [4.78, 5) is 0. The van der Waals surface area contributed by atoms with Gasteiger partial charge in [-0.3, -0.25) is 0 Å². The zero-order valence-electron chi connectivity index (χ0n) is 10.2. The molecule has 0 saturated heterocycles. The lowest BCUT2D eigenvalue weighted by molar-refractivity contribution is 0.619. The van der Waals surface area contributed by atoms with Gasteiger partial charge in [-0.1, -0.05) is 6.07 Å². The minimum atomic E-state index is -0.166. The molecule has 1 aromatic heterocycles.